The summed E-state index contributed by atoms with van der Waals surface area (Å²) in [6, 6.07) is 8.51. The van der Waals surface area contributed by atoms with Crippen molar-refractivity contribution in [1.82, 2.24) is 4.98 Å². The first-order chi connectivity index (χ1) is 15.2. The molecule has 3 rings (SSSR count). The summed E-state index contributed by atoms with van der Waals surface area (Å²) in [5, 5.41) is 3.08. The van der Waals surface area contributed by atoms with Crippen LogP contribution in [-0.4, -0.2) is 32.2 Å². The summed E-state index contributed by atoms with van der Waals surface area (Å²) >= 11 is 1.21. The zero-order chi connectivity index (χ0) is 23.3. The summed E-state index contributed by atoms with van der Waals surface area (Å²) in [6.07, 6.45) is -2.53. The van der Waals surface area contributed by atoms with Crippen LogP contribution in [0.4, 0.5) is 18.3 Å². The molecule has 1 amide bonds. The van der Waals surface area contributed by atoms with Gasteiger partial charge < -0.3 is 19.5 Å². The van der Waals surface area contributed by atoms with Crippen molar-refractivity contribution in [2.24, 2.45) is 0 Å². The third-order valence-corrected chi connectivity index (χ3v) is 5.43. The molecule has 0 atom stereocenters. The average molecular weight is 466 g/mol. The van der Waals surface area contributed by atoms with Gasteiger partial charge in [-0.2, -0.15) is 13.2 Å². The zero-order valence-electron chi connectivity index (χ0n) is 17.6. The number of ether oxygens (including phenoxy) is 3. The molecule has 0 radical (unpaired) electrons. The molecule has 6 nitrogen and oxygen atoms in total. The minimum absolute atomic E-state index is 0.0409. The molecule has 0 spiro atoms. The van der Waals surface area contributed by atoms with E-state index in [1.165, 1.54) is 38.7 Å². The Balaban J connectivity index is 1.67. The lowest BCUT2D eigenvalue weighted by atomic mass is 10.1. The number of hydrogen-bond donors (Lipinski definition) is 1. The largest absolute Gasteiger partial charge is 0.493 e. The highest BCUT2D eigenvalue weighted by atomic mass is 32.1. The van der Waals surface area contributed by atoms with Crippen LogP contribution in [0, 0.1) is 0 Å². The Kier molecular flexibility index (Phi) is 7.24. The molecule has 2 aromatic carbocycles. The number of nitrogens with one attached hydrogen (secondary N) is 1. The van der Waals surface area contributed by atoms with Crippen LogP contribution in [-0.2, 0) is 23.8 Å². The molecule has 0 bridgehead atoms. The van der Waals surface area contributed by atoms with Gasteiger partial charge in [-0.25, -0.2) is 4.98 Å². The Hall–Kier alpha value is -3.27. The number of rotatable bonds is 8. The topological polar surface area (TPSA) is 69.7 Å². The molecule has 10 heteroatoms. The molecule has 0 fully saturated rings. The van der Waals surface area contributed by atoms with E-state index >= 15 is 0 Å². The third-order valence-electron chi connectivity index (χ3n) is 4.52. The first-order valence-electron chi connectivity index (χ1n) is 9.43. The monoisotopic (exact) mass is 466 g/mol. The number of benzene rings is 2. The van der Waals surface area contributed by atoms with E-state index in [4.69, 9.17) is 14.2 Å². The van der Waals surface area contributed by atoms with Gasteiger partial charge in [0.25, 0.3) is 0 Å². The Morgan fingerprint density at radius 1 is 1.03 bits per heavy atom. The van der Waals surface area contributed by atoms with E-state index in [0.717, 1.165) is 17.0 Å². The molecule has 170 valence electrons. The maximum absolute atomic E-state index is 12.9. The van der Waals surface area contributed by atoms with E-state index in [-0.39, 0.29) is 18.7 Å². The molecule has 0 saturated heterocycles. The number of methoxy groups -OCH3 is 3. The van der Waals surface area contributed by atoms with Gasteiger partial charge in [0.05, 0.1) is 33.3 Å². The lowest BCUT2D eigenvalue weighted by Crippen LogP contribution is -2.14. The summed E-state index contributed by atoms with van der Waals surface area (Å²) < 4.78 is 54.5. The van der Waals surface area contributed by atoms with Crippen LogP contribution in [0.1, 0.15) is 21.6 Å². The fourth-order valence-corrected chi connectivity index (χ4v) is 3.95. The van der Waals surface area contributed by atoms with Crippen molar-refractivity contribution < 1.29 is 32.2 Å². The summed E-state index contributed by atoms with van der Waals surface area (Å²) in [5.74, 6) is 0.997. The smallest absolute Gasteiger partial charge is 0.416 e. The van der Waals surface area contributed by atoms with Crippen molar-refractivity contribution in [3.8, 4) is 17.2 Å². The van der Waals surface area contributed by atoms with Crippen LogP contribution in [0.25, 0.3) is 0 Å². The van der Waals surface area contributed by atoms with E-state index in [1.54, 1.807) is 24.4 Å². The maximum atomic E-state index is 12.9. The van der Waals surface area contributed by atoms with Crippen LogP contribution >= 0.6 is 11.3 Å². The molecule has 0 saturated carbocycles. The van der Waals surface area contributed by atoms with Crippen LogP contribution < -0.4 is 19.5 Å². The summed E-state index contributed by atoms with van der Waals surface area (Å²) in [7, 11) is 4.47. The molecule has 32 heavy (non-hydrogen) atoms. The van der Waals surface area contributed by atoms with E-state index in [0.29, 0.717) is 33.5 Å². The van der Waals surface area contributed by atoms with Crippen molar-refractivity contribution in [2.45, 2.75) is 19.0 Å². The average Bonchev–Trinajstić information content (AvgIpc) is 3.18. The molecular formula is C22H21F3N2O4S. The van der Waals surface area contributed by atoms with E-state index < -0.39 is 11.7 Å². The van der Waals surface area contributed by atoms with Gasteiger partial charge in [0, 0.05) is 17.5 Å². The van der Waals surface area contributed by atoms with E-state index in [1.807, 2.05) is 0 Å². The highest BCUT2D eigenvalue weighted by molar-refractivity contribution is 7.15. The van der Waals surface area contributed by atoms with E-state index in [9.17, 15) is 18.0 Å². The molecule has 0 unspecified atom stereocenters. The molecule has 0 aliphatic carbocycles. The van der Waals surface area contributed by atoms with Crippen LogP contribution in [0.3, 0.4) is 0 Å². The van der Waals surface area contributed by atoms with Crippen molar-refractivity contribution in [1.29, 1.82) is 0 Å². The van der Waals surface area contributed by atoms with Crippen molar-refractivity contribution >= 4 is 22.4 Å². The quantitative estimate of drug-likeness (QED) is 0.508. The van der Waals surface area contributed by atoms with Gasteiger partial charge in [-0.15, -0.1) is 11.3 Å². The Morgan fingerprint density at radius 3 is 2.31 bits per heavy atom. The number of anilines is 1. The van der Waals surface area contributed by atoms with Gasteiger partial charge >= 0.3 is 6.18 Å². The lowest BCUT2D eigenvalue weighted by Gasteiger charge is -2.13. The number of amides is 1. The molecule has 0 aliphatic rings. The second-order valence-corrected chi connectivity index (χ2v) is 7.88. The van der Waals surface area contributed by atoms with Crippen molar-refractivity contribution in [3.05, 3.63) is 64.2 Å². The van der Waals surface area contributed by atoms with Gasteiger partial charge in [-0.3, -0.25) is 4.79 Å². The number of carbonyl (C=O) groups excluding carboxylic acids is 1. The summed E-state index contributed by atoms with van der Waals surface area (Å²) in [5.41, 5.74) is 0.468. The lowest BCUT2D eigenvalue weighted by molar-refractivity contribution is -0.137. The molecule has 0 aliphatic heterocycles. The zero-order valence-corrected chi connectivity index (χ0v) is 18.4. The Morgan fingerprint density at radius 2 is 1.72 bits per heavy atom. The number of thiazole rings is 1. The minimum atomic E-state index is -4.39. The standard InChI is InChI=1S/C22H21F3N2O4S/c1-29-17-9-14(10-18(30-2)20(17)31-3)11-19(28)27-21-26-12-16(32-21)8-13-5-4-6-15(7-13)22(23,24)25/h4-7,9-10,12H,8,11H2,1-3H3,(H,26,27,28). The Labute approximate surface area is 187 Å². The second-order valence-electron chi connectivity index (χ2n) is 6.77. The SMILES string of the molecule is COc1cc(CC(=O)Nc2ncc(Cc3cccc(C(F)(F)F)c3)s2)cc(OC)c1OC. The highest BCUT2D eigenvalue weighted by Crippen LogP contribution is 2.38. The fraction of sp³-hybridized carbons (Fsp3) is 0.273. The molecule has 1 heterocycles. The number of nitrogens with zero attached hydrogens (tertiary/aromatic N) is 1. The normalized spacial score (nSPS) is 11.2. The predicted octanol–water partition coefficient (Wildman–Crippen LogP) is 4.96. The fourth-order valence-electron chi connectivity index (χ4n) is 3.09. The highest BCUT2D eigenvalue weighted by Gasteiger charge is 2.30. The maximum Gasteiger partial charge on any atom is 0.416 e. The van der Waals surface area contributed by atoms with Crippen molar-refractivity contribution in [2.75, 3.05) is 26.6 Å². The molecule has 1 N–H and O–H groups in total. The molecular weight excluding hydrogens is 445 g/mol. The molecule has 1 aromatic heterocycles. The number of carbonyl (C=O) groups is 1. The summed E-state index contributed by atoms with van der Waals surface area (Å²) in [4.78, 5) is 17.4. The Bertz CT molecular complexity index is 1070. The number of aromatic nitrogens is 1. The van der Waals surface area contributed by atoms with Gasteiger partial charge in [-0.05, 0) is 29.3 Å². The predicted molar refractivity (Wildman–Crippen MR) is 115 cm³/mol. The van der Waals surface area contributed by atoms with Gasteiger partial charge in [0.2, 0.25) is 11.7 Å². The summed E-state index contributed by atoms with van der Waals surface area (Å²) in [6.45, 7) is 0. The van der Waals surface area contributed by atoms with Gasteiger partial charge in [0.15, 0.2) is 16.6 Å². The van der Waals surface area contributed by atoms with E-state index in [2.05, 4.69) is 10.3 Å². The first-order valence-corrected chi connectivity index (χ1v) is 10.2. The first kappa shape index (κ1) is 23.4. The van der Waals surface area contributed by atoms with Gasteiger partial charge in [-0.1, -0.05) is 18.2 Å². The van der Waals surface area contributed by atoms with Crippen molar-refractivity contribution in [3.63, 3.8) is 0 Å². The number of hydrogen-bond acceptors (Lipinski definition) is 6. The van der Waals surface area contributed by atoms with Gasteiger partial charge in [0.1, 0.15) is 0 Å². The second kappa shape index (κ2) is 9.90. The van der Waals surface area contributed by atoms with Crippen LogP contribution in [0.5, 0.6) is 17.2 Å². The van der Waals surface area contributed by atoms with Crippen LogP contribution in [0.2, 0.25) is 0 Å². The molecule has 3 aromatic rings. The minimum Gasteiger partial charge on any atom is -0.493 e. The number of alkyl halides is 3. The van der Waals surface area contributed by atoms with Crippen LogP contribution in [0.15, 0.2) is 42.6 Å². The number of halogens is 3. The third kappa shape index (κ3) is 5.70.